The highest BCUT2D eigenvalue weighted by molar-refractivity contribution is 6.15. The molecule has 2 heteroatoms. The highest BCUT2D eigenvalue weighted by atomic mass is 15.2. The molecule has 0 amide bonds. The van der Waals surface area contributed by atoms with E-state index in [2.05, 4.69) is 244 Å². The largest absolute Gasteiger partial charge is 0.310 e. The minimum atomic E-state index is -0.575. The molecule has 10 aromatic rings. The average Bonchev–Trinajstić information content (AvgIpc) is 3.79. The molecule has 300 valence electrons. The molecule has 0 bridgehead atoms. The first-order valence-corrected chi connectivity index (χ1v) is 22.1. The number of benzene rings is 10. The number of anilines is 6. The van der Waals surface area contributed by atoms with Crippen LogP contribution < -0.4 is 9.80 Å². The van der Waals surface area contributed by atoms with Gasteiger partial charge in [0.25, 0.3) is 0 Å². The Balaban J connectivity index is 1.19. The first-order valence-electron chi connectivity index (χ1n) is 22.1. The maximum Gasteiger partial charge on any atom is 0.0732 e. The van der Waals surface area contributed by atoms with E-state index in [9.17, 15) is 0 Å². The molecule has 2 nitrogen and oxygen atoms in total. The standard InChI is InChI=1S/C61H46N2/c1-39-27-29-41(3)56(35-39)62(44-17-7-5-8-18-44)46-32-34-47-43(37-46)31-33-52-59-51-24-12-11-23-50(51)58(63(45-19-9-6-10-20-45)57-36-40(2)28-30-42(57)4)38-55(59)61(60(47)52)53-25-15-13-21-48(53)49-22-14-16-26-54(49)61/h5-38H,1-4H3. The van der Waals surface area contributed by atoms with Gasteiger partial charge in [0.2, 0.25) is 0 Å². The lowest BCUT2D eigenvalue weighted by molar-refractivity contribution is 0.802. The predicted molar refractivity (Wildman–Crippen MR) is 266 cm³/mol. The van der Waals surface area contributed by atoms with Crippen molar-refractivity contribution in [2.24, 2.45) is 0 Å². The van der Waals surface area contributed by atoms with E-state index >= 15 is 0 Å². The minimum Gasteiger partial charge on any atom is -0.310 e. The van der Waals surface area contributed by atoms with Gasteiger partial charge in [0.15, 0.2) is 0 Å². The Kier molecular flexibility index (Phi) is 8.36. The number of hydrogen-bond donors (Lipinski definition) is 0. The fourth-order valence-corrected chi connectivity index (χ4v) is 11.0. The van der Waals surface area contributed by atoms with Crippen molar-refractivity contribution < 1.29 is 0 Å². The maximum absolute atomic E-state index is 2.56. The molecule has 0 saturated carbocycles. The molecule has 0 heterocycles. The van der Waals surface area contributed by atoms with Gasteiger partial charge in [-0.2, -0.15) is 0 Å². The van der Waals surface area contributed by atoms with Crippen LogP contribution in [0, 0.1) is 27.7 Å². The Bertz CT molecular complexity index is 3410. The van der Waals surface area contributed by atoms with Crippen molar-refractivity contribution >= 4 is 55.7 Å². The number of fused-ring (bicyclic) bond motifs is 14. The molecule has 0 saturated heterocycles. The Hall–Kier alpha value is -7.68. The van der Waals surface area contributed by atoms with Gasteiger partial charge >= 0.3 is 0 Å². The van der Waals surface area contributed by atoms with E-state index in [0.717, 1.165) is 17.1 Å². The Morgan fingerprint density at radius 1 is 0.333 bits per heavy atom. The van der Waals surface area contributed by atoms with Crippen LogP contribution in [0.2, 0.25) is 0 Å². The molecule has 0 radical (unpaired) electrons. The van der Waals surface area contributed by atoms with Crippen molar-refractivity contribution in [1.82, 2.24) is 0 Å². The Morgan fingerprint density at radius 2 is 0.873 bits per heavy atom. The van der Waals surface area contributed by atoms with E-state index < -0.39 is 5.41 Å². The summed E-state index contributed by atoms with van der Waals surface area (Å²) in [6.45, 7) is 8.83. The van der Waals surface area contributed by atoms with Gasteiger partial charge in [-0.25, -0.2) is 0 Å². The van der Waals surface area contributed by atoms with E-state index in [4.69, 9.17) is 0 Å². The summed E-state index contributed by atoms with van der Waals surface area (Å²) in [6, 6.07) is 77.3. The van der Waals surface area contributed by atoms with Crippen LogP contribution in [-0.2, 0) is 5.41 Å². The molecular weight excluding hydrogens is 761 g/mol. The van der Waals surface area contributed by atoms with Gasteiger partial charge in [-0.15, -0.1) is 0 Å². The molecule has 0 fully saturated rings. The first kappa shape index (κ1) is 37.1. The van der Waals surface area contributed by atoms with Crippen LogP contribution in [0.25, 0.3) is 43.8 Å². The monoisotopic (exact) mass is 806 g/mol. The van der Waals surface area contributed by atoms with Gasteiger partial charge in [0, 0.05) is 33.8 Å². The summed E-state index contributed by atoms with van der Waals surface area (Å²) >= 11 is 0. The summed E-state index contributed by atoms with van der Waals surface area (Å²) < 4.78 is 0. The second-order valence-electron chi connectivity index (χ2n) is 17.5. The van der Waals surface area contributed by atoms with Crippen LogP contribution in [0.1, 0.15) is 44.5 Å². The number of hydrogen-bond acceptors (Lipinski definition) is 2. The van der Waals surface area contributed by atoms with Crippen molar-refractivity contribution in [3.63, 3.8) is 0 Å². The molecule has 0 N–H and O–H groups in total. The van der Waals surface area contributed by atoms with Crippen LogP contribution in [-0.4, -0.2) is 0 Å². The molecule has 12 rings (SSSR count). The molecule has 0 atom stereocenters. The van der Waals surface area contributed by atoms with E-state index in [-0.39, 0.29) is 0 Å². The Morgan fingerprint density at radius 3 is 1.51 bits per heavy atom. The van der Waals surface area contributed by atoms with Gasteiger partial charge in [-0.1, -0.05) is 152 Å². The highest BCUT2D eigenvalue weighted by Gasteiger charge is 2.53. The van der Waals surface area contributed by atoms with Crippen molar-refractivity contribution in [3.05, 3.63) is 251 Å². The third-order valence-corrected chi connectivity index (χ3v) is 13.8. The first-order chi connectivity index (χ1) is 30.9. The normalized spacial score (nSPS) is 12.9. The van der Waals surface area contributed by atoms with Crippen molar-refractivity contribution in [2.45, 2.75) is 33.1 Å². The quantitative estimate of drug-likeness (QED) is 0.165. The van der Waals surface area contributed by atoms with Gasteiger partial charge in [0.05, 0.1) is 11.1 Å². The number of aryl methyl sites for hydroxylation is 4. The average molecular weight is 807 g/mol. The topological polar surface area (TPSA) is 6.48 Å². The van der Waals surface area contributed by atoms with E-state index in [1.807, 2.05) is 0 Å². The minimum absolute atomic E-state index is 0.575. The zero-order valence-electron chi connectivity index (χ0n) is 36.0. The molecule has 10 aromatic carbocycles. The molecule has 0 aromatic heterocycles. The summed E-state index contributed by atoms with van der Waals surface area (Å²) in [5, 5.41) is 4.98. The molecule has 63 heavy (non-hydrogen) atoms. The fourth-order valence-electron chi connectivity index (χ4n) is 11.0. The molecule has 2 aliphatic rings. The third-order valence-electron chi connectivity index (χ3n) is 13.8. The van der Waals surface area contributed by atoms with Crippen molar-refractivity contribution in [3.8, 4) is 22.3 Å². The second kappa shape index (κ2) is 14.2. The van der Waals surface area contributed by atoms with Crippen LogP contribution in [0.15, 0.2) is 206 Å². The lowest BCUT2D eigenvalue weighted by Gasteiger charge is -2.34. The van der Waals surface area contributed by atoms with Gasteiger partial charge < -0.3 is 9.80 Å². The van der Waals surface area contributed by atoms with E-state index in [0.29, 0.717) is 0 Å². The van der Waals surface area contributed by atoms with E-state index in [1.54, 1.807) is 0 Å². The lowest BCUT2D eigenvalue weighted by Crippen LogP contribution is -2.26. The number of nitrogens with zero attached hydrogens (tertiary/aromatic N) is 2. The molecule has 0 aliphatic heterocycles. The number of para-hydroxylation sites is 2. The molecule has 2 aliphatic carbocycles. The smallest absolute Gasteiger partial charge is 0.0732 e. The second-order valence-corrected chi connectivity index (χ2v) is 17.5. The SMILES string of the molecule is Cc1ccc(C)c(N(c2ccccc2)c2ccc3c4c(ccc3c2)-c2c(cc(N(c3ccccc3)c3cc(C)ccc3C)c3ccccc23)C42c3ccccc3-c3ccccc32)c1. The molecule has 0 unspecified atom stereocenters. The van der Waals surface area contributed by atoms with Crippen molar-refractivity contribution in [2.75, 3.05) is 9.80 Å². The summed E-state index contributed by atoms with van der Waals surface area (Å²) in [5.74, 6) is 0. The Labute approximate surface area is 370 Å². The fraction of sp³-hybridized carbons (Fsp3) is 0.0820. The molecule has 1 spiro atoms. The highest BCUT2D eigenvalue weighted by Crippen LogP contribution is 2.66. The van der Waals surface area contributed by atoms with Crippen LogP contribution in [0.5, 0.6) is 0 Å². The van der Waals surface area contributed by atoms with Crippen LogP contribution >= 0.6 is 0 Å². The van der Waals surface area contributed by atoms with Crippen molar-refractivity contribution in [1.29, 1.82) is 0 Å². The zero-order valence-corrected chi connectivity index (χ0v) is 36.0. The van der Waals surface area contributed by atoms with Crippen LogP contribution in [0.3, 0.4) is 0 Å². The maximum atomic E-state index is 2.56. The summed E-state index contributed by atoms with van der Waals surface area (Å²) in [6.07, 6.45) is 0. The van der Waals surface area contributed by atoms with Gasteiger partial charge in [0.1, 0.15) is 0 Å². The third kappa shape index (κ3) is 5.44. The van der Waals surface area contributed by atoms with Crippen LogP contribution in [0.4, 0.5) is 34.1 Å². The number of rotatable bonds is 6. The van der Waals surface area contributed by atoms with Gasteiger partial charge in [-0.05, 0) is 165 Å². The van der Waals surface area contributed by atoms with E-state index in [1.165, 1.54) is 105 Å². The van der Waals surface area contributed by atoms with Gasteiger partial charge in [-0.3, -0.25) is 0 Å². The predicted octanol–water partition coefficient (Wildman–Crippen LogP) is 16.5. The summed E-state index contributed by atoms with van der Waals surface area (Å²) in [5.41, 5.74) is 21.9. The lowest BCUT2D eigenvalue weighted by atomic mass is 9.69. The molecular formula is C61H46N2. The zero-order chi connectivity index (χ0) is 42.4. The summed E-state index contributed by atoms with van der Waals surface area (Å²) in [4.78, 5) is 4.93. The summed E-state index contributed by atoms with van der Waals surface area (Å²) in [7, 11) is 0.